The molecule has 0 amide bonds. The van der Waals surface area contributed by atoms with E-state index in [0.29, 0.717) is 5.56 Å². The van der Waals surface area contributed by atoms with E-state index in [9.17, 15) is 4.79 Å². The fraction of sp³-hybridized carbons (Fsp3) is 0.531. The highest BCUT2D eigenvalue weighted by atomic mass is 16.5. The average Bonchev–Trinajstić information content (AvgIpc) is 2.81. The number of allylic oxidation sites excluding steroid dienone is 1. The van der Waals surface area contributed by atoms with Crippen molar-refractivity contribution in [3.8, 4) is 0 Å². The topological polar surface area (TPSA) is 26.3 Å². The second-order valence-electron chi connectivity index (χ2n) is 11.4. The van der Waals surface area contributed by atoms with Gasteiger partial charge in [0.1, 0.15) is 0 Å². The highest BCUT2D eigenvalue weighted by Crippen LogP contribution is 2.47. The van der Waals surface area contributed by atoms with Gasteiger partial charge in [-0.25, -0.2) is 4.79 Å². The summed E-state index contributed by atoms with van der Waals surface area (Å²) in [5.41, 5.74) is 9.34. The van der Waals surface area contributed by atoms with E-state index in [4.69, 9.17) is 4.74 Å². The van der Waals surface area contributed by atoms with E-state index in [-0.39, 0.29) is 16.8 Å². The Kier molecular flexibility index (Phi) is 8.44. The Balaban J connectivity index is 2.01. The molecule has 0 heterocycles. The third kappa shape index (κ3) is 6.01. The molecular weight excluding hydrogens is 416 g/mol. The Morgan fingerprint density at radius 2 is 1.50 bits per heavy atom. The van der Waals surface area contributed by atoms with Crippen LogP contribution in [0, 0.1) is 0 Å². The third-order valence-corrected chi connectivity index (χ3v) is 7.77. The lowest BCUT2D eigenvalue weighted by molar-refractivity contribution is 0.0600. The van der Waals surface area contributed by atoms with Crippen LogP contribution in [0.5, 0.6) is 0 Å². The quantitative estimate of drug-likeness (QED) is 0.212. The molecule has 2 aromatic carbocycles. The van der Waals surface area contributed by atoms with Crippen LogP contribution >= 0.6 is 0 Å². The van der Waals surface area contributed by atoms with Crippen LogP contribution in [-0.2, 0) is 22.0 Å². The van der Waals surface area contributed by atoms with E-state index in [2.05, 4.69) is 59.8 Å². The van der Waals surface area contributed by atoms with Gasteiger partial charge < -0.3 is 4.74 Å². The molecule has 0 N–H and O–H groups in total. The molecule has 2 heteroatoms. The van der Waals surface area contributed by atoms with Crippen LogP contribution in [0.2, 0.25) is 0 Å². The maximum absolute atomic E-state index is 11.8. The van der Waals surface area contributed by atoms with Gasteiger partial charge in [-0.3, -0.25) is 0 Å². The first-order valence-corrected chi connectivity index (χ1v) is 13.1. The summed E-state index contributed by atoms with van der Waals surface area (Å²) >= 11 is 0. The number of ether oxygens (including phenoxy) is 1. The summed E-state index contributed by atoms with van der Waals surface area (Å²) < 4.78 is 4.84. The van der Waals surface area contributed by atoms with Crippen LogP contribution in [0.3, 0.4) is 0 Å². The van der Waals surface area contributed by atoms with Gasteiger partial charge in [-0.05, 0) is 89.0 Å². The number of esters is 1. The lowest BCUT2D eigenvalue weighted by atomic mass is 9.62. The Morgan fingerprint density at radius 3 is 2.09 bits per heavy atom. The molecular formula is C32H44O2. The lowest BCUT2D eigenvalue weighted by Gasteiger charge is -2.42. The first-order chi connectivity index (χ1) is 16.1. The van der Waals surface area contributed by atoms with Crippen molar-refractivity contribution in [2.75, 3.05) is 7.11 Å². The van der Waals surface area contributed by atoms with Gasteiger partial charge in [0, 0.05) is 0 Å². The average molecular weight is 461 g/mol. The molecule has 0 spiro atoms. The maximum Gasteiger partial charge on any atom is 0.337 e. The molecule has 34 heavy (non-hydrogen) atoms. The van der Waals surface area contributed by atoms with Gasteiger partial charge in [0.15, 0.2) is 0 Å². The van der Waals surface area contributed by atoms with Crippen molar-refractivity contribution < 1.29 is 9.53 Å². The zero-order valence-electron chi connectivity index (χ0n) is 22.5. The van der Waals surface area contributed by atoms with Crippen molar-refractivity contribution in [3.63, 3.8) is 0 Å². The monoisotopic (exact) mass is 460 g/mol. The Morgan fingerprint density at radius 1 is 0.912 bits per heavy atom. The van der Waals surface area contributed by atoms with E-state index in [1.54, 1.807) is 5.56 Å². The number of carbonyl (C=O) groups excluding carboxylic acids is 1. The van der Waals surface area contributed by atoms with E-state index < -0.39 is 0 Å². The second-order valence-corrected chi connectivity index (χ2v) is 11.4. The van der Waals surface area contributed by atoms with Crippen molar-refractivity contribution in [2.45, 2.75) is 104 Å². The summed E-state index contributed by atoms with van der Waals surface area (Å²) in [4.78, 5) is 11.8. The number of benzene rings is 2. The fourth-order valence-corrected chi connectivity index (χ4v) is 5.31. The van der Waals surface area contributed by atoms with Crippen LogP contribution in [0.25, 0.3) is 11.6 Å². The summed E-state index contributed by atoms with van der Waals surface area (Å²) in [5, 5.41) is 0. The molecule has 1 aliphatic carbocycles. The van der Waals surface area contributed by atoms with Gasteiger partial charge in [-0.15, -0.1) is 0 Å². The standard InChI is InChI=1S/C32H44O2/c1-8-9-10-11-12-13-26-21-28-29(32(5,6)19-18-31(28,3)4)22-27(26)23(2)20-24-14-16-25(17-15-24)30(33)34-7/h14-17,20-22H,8-13,18-19H2,1-7H3. The first kappa shape index (κ1) is 26.3. The molecule has 0 unspecified atom stereocenters. The van der Waals surface area contributed by atoms with Gasteiger partial charge in [0.25, 0.3) is 0 Å². The highest BCUT2D eigenvalue weighted by molar-refractivity contribution is 5.90. The highest BCUT2D eigenvalue weighted by Gasteiger charge is 2.37. The van der Waals surface area contributed by atoms with Gasteiger partial charge >= 0.3 is 5.97 Å². The molecule has 0 aromatic heterocycles. The van der Waals surface area contributed by atoms with Crippen molar-refractivity contribution >= 4 is 17.6 Å². The van der Waals surface area contributed by atoms with Crippen molar-refractivity contribution in [2.24, 2.45) is 0 Å². The van der Waals surface area contributed by atoms with Gasteiger partial charge in [0.2, 0.25) is 0 Å². The Labute approximate surface area is 207 Å². The molecule has 2 aromatic rings. The normalized spacial score (nSPS) is 16.7. The predicted octanol–water partition coefficient (Wildman–Crippen LogP) is 8.90. The van der Waals surface area contributed by atoms with Crippen molar-refractivity contribution in [1.29, 1.82) is 0 Å². The number of fused-ring (bicyclic) bond motifs is 1. The van der Waals surface area contributed by atoms with Gasteiger partial charge in [-0.1, -0.05) is 90.6 Å². The predicted molar refractivity (Wildman–Crippen MR) is 146 cm³/mol. The maximum atomic E-state index is 11.8. The molecule has 0 saturated carbocycles. The lowest BCUT2D eigenvalue weighted by Crippen LogP contribution is -2.34. The number of methoxy groups -OCH3 is 1. The minimum atomic E-state index is -0.294. The zero-order valence-corrected chi connectivity index (χ0v) is 22.5. The molecule has 3 rings (SSSR count). The number of hydrogen-bond acceptors (Lipinski definition) is 2. The van der Waals surface area contributed by atoms with Crippen LogP contribution < -0.4 is 0 Å². The number of rotatable bonds is 9. The fourth-order valence-electron chi connectivity index (χ4n) is 5.31. The van der Waals surface area contributed by atoms with E-state index >= 15 is 0 Å². The SMILES string of the molecule is CCCCCCCc1cc2c(cc1C(C)=Cc1ccc(C(=O)OC)cc1)C(C)(C)CCC2(C)C. The van der Waals surface area contributed by atoms with Crippen LogP contribution in [0.4, 0.5) is 0 Å². The molecule has 0 atom stereocenters. The minimum absolute atomic E-state index is 0.196. The third-order valence-electron chi connectivity index (χ3n) is 7.77. The number of carbonyl (C=O) groups is 1. The first-order valence-electron chi connectivity index (χ1n) is 13.1. The summed E-state index contributed by atoms with van der Waals surface area (Å²) in [7, 11) is 1.42. The van der Waals surface area contributed by atoms with Gasteiger partial charge in [0.05, 0.1) is 12.7 Å². The molecule has 0 radical (unpaired) electrons. The molecule has 0 fully saturated rings. The van der Waals surface area contributed by atoms with Crippen LogP contribution in [0.15, 0.2) is 36.4 Å². The van der Waals surface area contributed by atoms with Crippen LogP contribution in [-0.4, -0.2) is 13.1 Å². The van der Waals surface area contributed by atoms with Crippen molar-refractivity contribution in [1.82, 2.24) is 0 Å². The molecule has 1 aliphatic rings. The summed E-state index contributed by atoms with van der Waals surface area (Å²) in [6.45, 7) is 14.1. The van der Waals surface area contributed by atoms with Crippen molar-refractivity contribution in [3.05, 3.63) is 69.8 Å². The minimum Gasteiger partial charge on any atom is -0.465 e. The largest absolute Gasteiger partial charge is 0.465 e. The van der Waals surface area contributed by atoms with Crippen LogP contribution in [0.1, 0.15) is 125 Å². The van der Waals surface area contributed by atoms with E-state index in [1.807, 2.05) is 24.3 Å². The van der Waals surface area contributed by atoms with E-state index in [1.165, 1.54) is 74.3 Å². The molecule has 2 nitrogen and oxygen atoms in total. The van der Waals surface area contributed by atoms with E-state index in [0.717, 1.165) is 12.0 Å². The molecule has 0 saturated heterocycles. The molecule has 0 bridgehead atoms. The Hall–Kier alpha value is -2.35. The number of hydrogen-bond donors (Lipinski definition) is 0. The zero-order chi connectivity index (χ0) is 24.9. The summed E-state index contributed by atoms with van der Waals surface area (Å²) in [6, 6.07) is 12.8. The molecule has 0 aliphatic heterocycles. The molecule has 184 valence electrons. The Bertz CT molecular complexity index is 1020. The van der Waals surface area contributed by atoms with Gasteiger partial charge in [-0.2, -0.15) is 0 Å². The second kappa shape index (κ2) is 10.9. The summed E-state index contributed by atoms with van der Waals surface area (Å²) in [6.07, 6.45) is 12.3. The number of aryl methyl sites for hydroxylation is 1. The number of unbranched alkanes of at least 4 members (excludes halogenated alkanes) is 4. The summed E-state index contributed by atoms with van der Waals surface area (Å²) in [5.74, 6) is -0.294. The smallest absolute Gasteiger partial charge is 0.337 e.